The van der Waals surface area contributed by atoms with Crippen LogP contribution >= 0.6 is 0 Å². The van der Waals surface area contributed by atoms with Crippen LogP contribution in [0.25, 0.3) is 0 Å². The van der Waals surface area contributed by atoms with Crippen LogP contribution in [0.4, 0.5) is 0 Å². The van der Waals surface area contributed by atoms with Crippen LogP contribution in [-0.4, -0.2) is 75.8 Å². The number of aliphatic hydroxyl groups excluding tert-OH is 1. The quantitative estimate of drug-likeness (QED) is 0.147. The van der Waals surface area contributed by atoms with Crippen molar-refractivity contribution in [3.05, 3.63) is 0 Å². The van der Waals surface area contributed by atoms with Crippen molar-refractivity contribution in [2.45, 2.75) is 146 Å². The maximum Gasteiger partial charge on any atom is 0.104 e. The van der Waals surface area contributed by atoms with Crippen molar-refractivity contribution >= 4 is 0 Å². The number of hydrogen-bond donors (Lipinski definition) is 1. The van der Waals surface area contributed by atoms with E-state index in [0.717, 1.165) is 80.9 Å². The summed E-state index contributed by atoms with van der Waals surface area (Å²) in [6, 6.07) is 0. The number of ether oxygens (including phenoxy) is 5. The van der Waals surface area contributed by atoms with Crippen LogP contribution in [-0.2, 0) is 23.7 Å². The third kappa shape index (κ3) is 10.4. The molecule has 6 rings (SSSR count). The zero-order valence-electron chi connectivity index (χ0n) is 27.2. The monoisotopic (exact) mass is 604 g/mol. The van der Waals surface area contributed by atoms with Gasteiger partial charge in [0.2, 0.25) is 0 Å². The molecule has 248 valence electrons. The van der Waals surface area contributed by atoms with Crippen molar-refractivity contribution in [3.63, 3.8) is 0 Å². The molecule has 2 unspecified atom stereocenters. The molecular weight excluding hydrogens is 540 g/mol. The fourth-order valence-electron chi connectivity index (χ4n) is 9.58. The number of epoxide rings is 1. The van der Waals surface area contributed by atoms with Crippen molar-refractivity contribution in [2.24, 2.45) is 41.4 Å². The number of aliphatic hydroxyl groups is 1. The van der Waals surface area contributed by atoms with Crippen molar-refractivity contribution in [1.29, 1.82) is 0 Å². The molecule has 0 bridgehead atoms. The normalized spacial score (nSPS) is 39.7. The van der Waals surface area contributed by atoms with Gasteiger partial charge in [-0.1, -0.05) is 25.7 Å². The molecule has 0 aromatic rings. The summed E-state index contributed by atoms with van der Waals surface area (Å²) >= 11 is 0. The van der Waals surface area contributed by atoms with E-state index in [4.69, 9.17) is 23.7 Å². The Kier molecular flexibility index (Phi) is 13.0. The van der Waals surface area contributed by atoms with Crippen molar-refractivity contribution in [3.8, 4) is 0 Å². The van der Waals surface area contributed by atoms with E-state index < -0.39 is 6.10 Å². The topological polar surface area (TPSA) is 69.7 Å². The molecule has 2 saturated heterocycles. The van der Waals surface area contributed by atoms with E-state index in [1.165, 1.54) is 116 Å². The molecule has 6 fully saturated rings. The van der Waals surface area contributed by atoms with Gasteiger partial charge in [-0.25, -0.2) is 0 Å². The second-order valence-electron chi connectivity index (χ2n) is 15.7. The van der Waals surface area contributed by atoms with Gasteiger partial charge in [0.15, 0.2) is 0 Å². The molecule has 6 aliphatic rings. The van der Waals surface area contributed by atoms with Crippen LogP contribution < -0.4 is 0 Å². The highest BCUT2D eigenvalue weighted by atomic mass is 16.6. The zero-order chi connectivity index (χ0) is 29.3. The maximum atomic E-state index is 10.4. The van der Waals surface area contributed by atoms with Crippen LogP contribution in [0, 0.1) is 41.4 Å². The van der Waals surface area contributed by atoms with E-state index in [-0.39, 0.29) is 0 Å². The Morgan fingerprint density at radius 1 is 0.558 bits per heavy atom. The first kappa shape index (κ1) is 32.7. The molecular formula is C37H64O6. The summed E-state index contributed by atoms with van der Waals surface area (Å²) in [6.45, 7) is 5.38. The molecule has 0 aromatic heterocycles. The predicted molar refractivity (Wildman–Crippen MR) is 169 cm³/mol. The largest absolute Gasteiger partial charge is 0.388 e. The molecule has 2 aliphatic heterocycles. The number of unbranched alkanes of at least 4 members (excludes halogenated alkanes) is 1. The third-order valence-corrected chi connectivity index (χ3v) is 12.7. The van der Waals surface area contributed by atoms with E-state index >= 15 is 0 Å². The van der Waals surface area contributed by atoms with Gasteiger partial charge in [-0.05, 0) is 132 Å². The Labute approximate surface area is 262 Å². The van der Waals surface area contributed by atoms with Crippen molar-refractivity contribution < 1.29 is 28.8 Å². The SMILES string of the molecule is OC(COCCCCC1CCC(C2CCC(OCC3CO3)CC2)CC1)COC1CCC(C2CCC(C3COC3)CC2)CC1. The van der Waals surface area contributed by atoms with Gasteiger partial charge in [-0.2, -0.15) is 0 Å². The first-order chi connectivity index (χ1) is 21.2. The fourth-order valence-corrected chi connectivity index (χ4v) is 9.58. The molecule has 6 nitrogen and oxygen atoms in total. The molecule has 4 saturated carbocycles. The summed E-state index contributed by atoms with van der Waals surface area (Å²) in [5.41, 5.74) is 0. The summed E-state index contributed by atoms with van der Waals surface area (Å²) in [5.74, 6) is 6.47. The van der Waals surface area contributed by atoms with Gasteiger partial charge in [-0.15, -0.1) is 0 Å². The Bertz CT molecular complexity index is 753. The van der Waals surface area contributed by atoms with Gasteiger partial charge < -0.3 is 28.8 Å². The summed E-state index contributed by atoms with van der Waals surface area (Å²) < 4.78 is 28.7. The van der Waals surface area contributed by atoms with Crippen LogP contribution in [0.3, 0.4) is 0 Å². The van der Waals surface area contributed by atoms with Gasteiger partial charge in [0, 0.05) is 12.5 Å². The molecule has 0 spiro atoms. The Morgan fingerprint density at radius 2 is 1.07 bits per heavy atom. The van der Waals surface area contributed by atoms with E-state index in [1.807, 2.05) is 0 Å². The van der Waals surface area contributed by atoms with Crippen LogP contribution in [0.15, 0.2) is 0 Å². The zero-order valence-corrected chi connectivity index (χ0v) is 27.2. The van der Waals surface area contributed by atoms with Gasteiger partial charge >= 0.3 is 0 Å². The van der Waals surface area contributed by atoms with Gasteiger partial charge in [0.05, 0.1) is 51.8 Å². The van der Waals surface area contributed by atoms with E-state index in [9.17, 15) is 5.11 Å². The van der Waals surface area contributed by atoms with Gasteiger partial charge in [0.25, 0.3) is 0 Å². The first-order valence-corrected chi connectivity index (χ1v) is 18.9. The third-order valence-electron chi connectivity index (χ3n) is 12.7. The Balaban J connectivity index is 0.727. The minimum atomic E-state index is -0.493. The van der Waals surface area contributed by atoms with Crippen molar-refractivity contribution in [1.82, 2.24) is 0 Å². The standard InChI is InChI=1S/C37H64O6/c38-34(24-41-35-16-12-31(13-17-35)29-8-10-32(11-9-29)33-21-40-22-33)23-39-20-2-1-3-27-4-6-28(7-5-27)30-14-18-36(19-15-30)42-25-37-26-43-37/h27-38H,1-26H2. The summed E-state index contributed by atoms with van der Waals surface area (Å²) in [7, 11) is 0. The van der Waals surface area contributed by atoms with E-state index in [1.54, 1.807) is 0 Å². The lowest BCUT2D eigenvalue weighted by molar-refractivity contribution is -0.0751. The minimum Gasteiger partial charge on any atom is -0.388 e. The molecule has 0 aromatic carbocycles. The highest BCUT2D eigenvalue weighted by Crippen LogP contribution is 2.44. The van der Waals surface area contributed by atoms with E-state index in [2.05, 4.69) is 0 Å². The minimum absolute atomic E-state index is 0.334. The average Bonchev–Trinajstić information content (AvgIpc) is 3.86. The molecule has 2 atom stereocenters. The highest BCUT2D eigenvalue weighted by molar-refractivity contribution is 4.86. The summed E-state index contributed by atoms with van der Waals surface area (Å²) in [4.78, 5) is 0. The molecule has 4 aliphatic carbocycles. The lowest BCUT2D eigenvalue weighted by atomic mass is 9.68. The molecule has 6 heteroatoms. The maximum absolute atomic E-state index is 10.4. The lowest BCUT2D eigenvalue weighted by Crippen LogP contribution is -2.37. The molecule has 1 N–H and O–H groups in total. The second-order valence-corrected chi connectivity index (χ2v) is 15.7. The molecule has 0 amide bonds. The predicted octanol–water partition coefficient (Wildman–Crippen LogP) is 7.34. The van der Waals surface area contributed by atoms with Crippen LogP contribution in [0.2, 0.25) is 0 Å². The second kappa shape index (κ2) is 17.1. The first-order valence-electron chi connectivity index (χ1n) is 18.9. The van der Waals surface area contributed by atoms with E-state index in [0.29, 0.717) is 31.5 Å². The summed E-state index contributed by atoms with van der Waals surface area (Å²) in [6.07, 6.45) is 26.2. The Morgan fingerprint density at radius 3 is 1.60 bits per heavy atom. The summed E-state index contributed by atoms with van der Waals surface area (Å²) in [5, 5.41) is 10.4. The average molecular weight is 605 g/mol. The number of hydrogen-bond acceptors (Lipinski definition) is 6. The van der Waals surface area contributed by atoms with Crippen LogP contribution in [0.5, 0.6) is 0 Å². The molecule has 43 heavy (non-hydrogen) atoms. The van der Waals surface area contributed by atoms with Crippen LogP contribution in [0.1, 0.15) is 122 Å². The highest BCUT2D eigenvalue weighted by Gasteiger charge is 2.36. The molecule has 0 radical (unpaired) electrons. The Hall–Kier alpha value is -0.240. The van der Waals surface area contributed by atoms with Gasteiger partial charge in [0.1, 0.15) is 12.2 Å². The van der Waals surface area contributed by atoms with Gasteiger partial charge in [-0.3, -0.25) is 0 Å². The lowest BCUT2D eigenvalue weighted by Gasteiger charge is -2.41. The van der Waals surface area contributed by atoms with Crippen molar-refractivity contribution in [2.75, 3.05) is 46.2 Å². The number of rotatable bonds is 16. The fraction of sp³-hybridized carbons (Fsp3) is 1.00. The molecule has 2 heterocycles. The smallest absolute Gasteiger partial charge is 0.104 e.